The smallest absolute Gasteiger partial charge is 0.138 e. The molecule has 4 heterocycles. The highest BCUT2D eigenvalue weighted by molar-refractivity contribution is 5.63. The van der Waals surface area contributed by atoms with Crippen LogP contribution in [-0.2, 0) is 0 Å². The first kappa shape index (κ1) is 17.2. The van der Waals surface area contributed by atoms with Gasteiger partial charge in [-0.2, -0.15) is 0 Å². The molecule has 1 saturated heterocycles. The van der Waals surface area contributed by atoms with Crippen LogP contribution in [-0.4, -0.2) is 46.5 Å². The van der Waals surface area contributed by atoms with E-state index in [-0.39, 0.29) is 1.43 Å². The van der Waals surface area contributed by atoms with Gasteiger partial charge in [-0.15, -0.1) is 0 Å². The Hall–Kier alpha value is -2.67. The fourth-order valence-electron chi connectivity index (χ4n) is 2.86. The van der Waals surface area contributed by atoms with Gasteiger partial charge in [0.1, 0.15) is 23.1 Å². The van der Waals surface area contributed by atoms with E-state index in [2.05, 4.69) is 30.5 Å². The highest BCUT2D eigenvalue weighted by Gasteiger charge is 2.15. The largest absolute Gasteiger partial charge is 0.356 e. The summed E-state index contributed by atoms with van der Waals surface area (Å²) in [7, 11) is 3.75. The van der Waals surface area contributed by atoms with E-state index in [9.17, 15) is 0 Å². The maximum Gasteiger partial charge on any atom is 0.138 e. The number of hydrogen-bond acceptors (Lipinski definition) is 6. The van der Waals surface area contributed by atoms with Crippen LogP contribution in [0.2, 0.25) is 0 Å². The van der Waals surface area contributed by atoms with Gasteiger partial charge in [-0.25, -0.2) is 15.0 Å². The number of aromatic nitrogens is 4. The first-order valence-electron chi connectivity index (χ1n) is 8.58. The molecule has 1 fully saturated rings. The summed E-state index contributed by atoms with van der Waals surface area (Å²) < 4.78 is 1.98. The molecule has 7 nitrogen and oxygen atoms in total. The number of nitrogens with zero attached hydrogens (tertiary/aromatic N) is 5. The summed E-state index contributed by atoms with van der Waals surface area (Å²) in [5, 5.41) is 6.11. The Morgan fingerprint density at radius 1 is 1.08 bits per heavy atom. The summed E-state index contributed by atoms with van der Waals surface area (Å²) in [6, 6.07) is 6.04. The first-order valence-corrected chi connectivity index (χ1v) is 8.58. The van der Waals surface area contributed by atoms with Crippen molar-refractivity contribution in [2.75, 3.05) is 37.4 Å². The average molecular weight is 341 g/mol. The second kappa shape index (κ2) is 7.94. The number of hydrogen-bond donors (Lipinski definition) is 2. The third-order valence-corrected chi connectivity index (χ3v) is 3.92. The van der Waals surface area contributed by atoms with Gasteiger partial charge in [0.05, 0.1) is 0 Å². The molecule has 0 aliphatic carbocycles. The van der Waals surface area contributed by atoms with Gasteiger partial charge in [-0.05, 0) is 39.9 Å². The fraction of sp³-hybridized carbons (Fsp3) is 0.389. The van der Waals surface area contributed by atoms with E-state index >= 15 is 0 Å². The van der Waals surface area contributed by atoms with E-state index in [0.717, 1.165) is 41.9 Å². The Labute approximate surface area is 149 Å². The van der Waals surface area contributed by atoms with Gasteiger partial charge in [0.15, 0.2) is 0 Å². The van der Waals surface area contributed by atoms with Gasteiger partial charge in [-0.1, -0.05) is 0 Å². The van der Waals surface area contributed by atoms with Crippen molar-refractivity contribution in [2.24, 2.45) is 0 Å². The molecule has 3 aromatic heterocycles. The number of anilines is 3. The number of fused-ring (bicyclic) bond motifs is 1. The minimum Gasteiger partial charge on any atom is -0.356 e. The molecule has 0 radical (unpaired) electrons. The molecule has 0 unspecified atom stereocenters. The maximum absolute atomic E-state index is 4.56. The van der Waals surface area contributed by atoms with Crippen molar-refractivity contribution in [1.82, 2.24) is 24.7 Å². The number of aryl methyl sites for hydroxylation is 1. The van der Waals surface area contributed by atoms with Gasteiger partial charge in [0.2, 0.25) is 0 Å². The maximum atomic E-state index is 4.56. The molecule has 0 saturated carbocycles. The van der Waals surface area contributed by atoms with Crippen LogP contribution in [0, 0.1) is 6.92 Å². The Balaban J connectivity index is 0.000000570. The quantitative estimate of drug-likeness (QED) is 0.763. The van der Waals surface area contributed by atoms with Crippen LogP contribution in [0.25, 0.3) is 5.65 Å². The molecular formula is C18H27N7. The lowest BCUT2D eigenvalue weighted by Gasteiger charge is -2.17. The molecule has 2 N–H and O–H groups in total. The third-order valence-electron chi connectivity index (χ3n) is 3.92. The van der Waals surface area contributed by atoms with Crippen molar-refractivity contribution in [3.63, 3.8) is 0 Å². The summed E-state index contributed by atoms with van der Waals surface area (Å²) in [6.07, 6.45) is 8.18. The highest BCUT2D eigenvalue weighted by Crippen LogP contribution is 2.23. The summed E-state index contributed by atoms with van der Waals surface area (Å²) in [5.74, 6) is 2.62. The molecule has 7 heteroatoms. The predicted octanol–water partition coefficient (Wildman–Crippen LogP) is 2.86. The van der Waals surface area contributed by atoms with Crippen LogP contribution in [0.15, 0.2) is 36.8 Å². The zero-order valence-corrected chi connectivity index (χ0v) is 15.0. The van der Waals surface area contributed by atoms with E-state index < -0.39 is 0 Å². The third kappa shape index (κ3) is 4.24. The Bertz CT molecular complexity index is 827. The Morgan fingerprint density at radius 2 is 1.84 bits per heavy atom. The topological polar surface area (TPSA) is 70.4 Å². The van der Waals surface area contributed by atoms with Crippen molar-refractivity contribution in [1.29, 1.82) is 0 Å². The van der Waals surface area contributed by atoms with Crippen molar-refractivity contribution in [3.8, 4) is 0 Å². The molecule has 0 bridgehead atoms. The SMILES string of the molecule is CNC.Cc1nc(Nc2ccn3ccnc3c2)cc(N2CCCC2)n1.[HH]. The molecule has 1 aliphatic rings. The number of rotatable bonds is 3. The van der Waals surface area contributed by atoms with Gasteiger partial charge in [0, 0.05) is 50.9 Å². The Kier molecular flexibility index (Phi) is 5.45. The second-order valence-electron chi connectivity index (χ2n) is 6.09. The van der Waals surface area contributed by atoms with Crippen LogP contribution in [0.1, 0.15) is 20.1 Å². The van der Waals surface area contributed by atoms with Crippen molar-refractivity contribution < 1.29 is 1.43 Å². The standard InChI is InChI=1S/C16H18N6.C2H7N.H2/c1-12-18-14(11-16(19-12)21-6-2-3-7-21)20-13-4-8-22-9-5-17-15(22)10-13;1-3-2;/h4-5,8-11H,2-3,6-7H2,1H3,(H,18,19,20);3H,1-2H3;1H. The van der Waals surface area contributed by atoms with Crippen molar-refractivity contribution in [2.45, 2.75) is 19.8 Å². The van der Waals surface area contributed by atoms with Crippen LogP contribution >= 0.6 is 0 Å². The molecular weight excluding hydrogens is 314 g/mol. The predicted molar refractivity (Wildman–Crippen MR) is 104 cm³/mol. The molecule has 3 aromatic rings. The summed E-state index contributed by atoms with van der Waals surface area (Å²) in [6.45, 7) is 4.09. The summed E-state index contributed by atoms with van der Waals surface area (Å²) >= 11 is 0. The number of imidazole rings is 1. The minimum absolute atomic E-state index is 0. The van der Waals surface area contributed by atoms with Crippen LogP contribution in [0.4, 0.5) is 17.3 Å². The van der Waals surface area contributed by atoms with Crippen LogP contribution in [0.5, 0.6) is 0 Å². The zero-order valence-electron chi connectivity index (χ0n) is 15.0. The van der Waals surface area contributed by atoms with Crippen LogP contribution < -0.4 is 15.5 Å². The normalized spacial score (nSPS) is 13.6. The van der Waals surface area contributed by atoms with Crippen molar-refractivity contribution >= 4 is 23.0 Å². The first-order chi connectivity index (χ1) is 12.2. The van der Waals surface area contributed by atoms with E-state index in [4.69, 9.17) is 0 Å². The molecule has 0 amide bonds. The van der Waals surface area contributed by atoms with E-state index in [1.807, 2.05) is 56.0 Å². The lowest BCUT2D eigenvalue weighted by molar-refractivity contribution is 0.912. The molecule has 0 spiro atoms. The average Bonchev–Trinajstić information content (AvgIpc) is 3.26. The van der Waals surface area contributed by atoms with Gasteiger partial charge in [0.25, 0.3) is 0 Å². The van der Waals surface area contributed by atoms with Gasteiger partial charge < -0.3 is 19.9 Å². The number of pyridine rings is 1. The lowest BCUT2D eigenvalue weighted by atomic mass is 10.3. The molecule has 1 aliphatic heterocycles. The summed E-state index contributed by atoms with van der Waals surface area (Å²) in [5.41, 5.74) is 1.89. The van der Waals surface area contributed by atoms with Gasteiger partial charge in [-0.3, -0.25) is 0 Å². The Morgan fingerprint density at radius 3 is 2.60 bits per heavy atom. The lowest BCUT2D eigenvalue weighted by Crippen LogP contribution is -2.19. The second-order valence-corrected chi connectivity index (χ2v) is 6.09. The molecule has 0 aromatic carbocycles. The monoisotopic (exact) mass is 341 g/mol. The van der Waals surface area contributed by atoms with E-state index in [0.29, 0.717) is 0 Å². The molecule has 4 rings (SSSR count). The molecule has 25 heavy (non-hydrogen) atoms. The fourth-order valence-corrected chi connectivity index (χ4v) is 2.86. The zero-order chi connectivity index (χ0) is 17.6. The van der Waals surface area contributed by atoms with Crippen molar-refractivity contribution in [3.05, 3.63) is 42.6 Å². The highest BCUT2D eigenvalue weighted by atomic mass is 15.2. The van der Waals surface area contributed by atoms with Gasteiger partial charge >= 0.3 is 0 Å². The van der Waals surface area contributed by atoms with E-state index in [1.54, 1.807) is 6.20 Å². The minimum atomic E-state index is 0. The van der Waals surface area contributed by atoms with E-state index in [1.165, 1.54) is 12.8 Å². The number of nitrogens with one attached hydrogen (secondary N) is 2. The molecule has 0 atom stereocenters. The van der Waals surface area contributed by atoms with Crippen LogP contribution in [0.3, 0.4) is 0 Å². The summed E-state index contributed by atoms with van der Waals surface area (Å²) in [4.78, 5) is 15.7. The molecule has 134 valence electrons.